The van der Waals surface area contributed by atoms with E-state index in [4.69, 9.17) is 11.5 Å². The Morgan fingerprint density at radius 1 is 0.941 bits per heavy atom. The van der Waals surface area contributed by atoms with E-state index in [0.29, 0.717) is 19.3 Å². The second kappa shape index (κ2) is 6.62. The average Bonchev–Trinajstić information content (AvgIpc) is 2.20. The molecule has 0 heterocycles. The molecule has 0 aliphatic heterocycles. The topological polar surface area (TPSA) is 86.2 Å². The quantitative estimate of drug-likeness (QED) is 0.768. The molecule has 0 aromatic carbocycles. The second-order valence-corrected chi connectivity index (χ2v) is 5.23. The van der Waals surface area contributed by atoms with Gasteiger partial charge in [-0.05, 0) is 25.7 Å². The molecule has 4 nitrogen and oxygen atoms in total. The zero-order valence-corrected chi connectivity index (χ0v) is 10.5. The van der Waals surface area contributed by atoms with Gasteiger partial charge in [0.25, 0.3) is 0 Å². The number of amides is 2. The number of carbonyl (C=O) groups excluding carboxylic acids is 2. The lowest BCUT2D eigenvalue weighted by Crippen LogP contribution is -2.38. The molecule has 17 heavy (non-hydrogen) atoms. The largest absolute Gasteiger partial charge is 0.370 e. The number of carbonyl (C=O) groups is 2. The molecule has 0 saturated heterocycles. The van der Waals surface area contributed by atoms with Crippen LogP contribution >= 0.6 is 0 Å². The monoisotopic (exact) mass is 240 g/mol. The third-order valence-electron chi connectivity index (χ3n) is 3.91. The summed E-state index contributed by atoms with van der Waals surface area (Å²) in [7, 11) is 0. The van der Waals surface area contributed by atoms with Crippen LogP contribution in [0.5, 0.6) is 0 Å². The van der Waals surface area contributed by atoms with Crippen LogP contribution in [0.2, 0.25) is 0 Å². The Morgan fingerprint density at radius 3 is 1.94 bits per heavy atom. The van der Waals surface area contributed by atoms with Crippen LogP contribution in [0.4, 0.5) is 0 Å². The molecule has 1 fully saturated rings. The Hall–Kier alpha value is -1.06. The number of rotatable bonds is 5. The molecule has 1 aliphatic rings. The summed E-state index contributed by atoms with van der Waals surface area (Å²) in [6, 6.07) is 0. The number of primary amides is 2. The summed E-state index contributed by atoms with van der Waals surface area (Å²) in [6.07, 6.45) is 9.27. The van der Waals surface area contributed by atoms with Gasteiger partial charge in [0, 0.05) is 11.8 Å². The standard InChI is InChI=1S/C13H24N2O2/c14-11(16)7-6-10-13(12(15)17)8-4-2-1-3-5-9-13/h1-10H2,(H2,14,16)(H2,15,17). The fourth-order valence-electron chi connectivity index (χ4n) is 2.80. The number of hydrogen-bond acceptors (Lipinski definition) is 2. The third-order valence-corrected chi connectivity index (χ3v) is 3.91. The predicted molar refractivity (Wildman–Crippen MR) is 67.0 cm³/mol. The van der Waals surface area contributed by atoms with Gasteiger partial charge in [-0.15, -0.1) is 0 Å². The molecule has 0 spiro atoms. The lowest BCUT2D eigenvalue weighted by atomic mass is 9.72. The van der Waals surface area contributed by atoms with Gasteiger partial charge in [0.1, 0.15) is 0 Å². The molecule has 4 heteroatoms. The summed E-state index contributed by atoms with van der Waals surface area (Å²) in [6.45, 7) is 0. The molecule has 1 rings (SSSR count). The van der Waals surface area contributed by atoms with Gasteiger partial charge in [-0.2, -0.15) is 0 Å². The molecule has 2 amide bonds. The van der Waals surface area contributed by atoms with E-state index >= 15 is 0 Å². The van der Waals surface area contributed by atoms with Crippen molar-refractivity contribution >= 4 is 11.8 Å². The molecule has 1 aliphatic carbocycles. The summed E-state index contributed by atoms with van der Waals surface area (Å²) in [4.78, 5) is 22.5. The van der Waals surface area contributed by atoms with E-state index in [2.05, 4.69) is 0 Å². The molecule has 0 bridgehead atoms. The van der Waals surface area contributed by atoms with Crippen molar-refractivity contribution in [1.29, 1.82) is 0 Å². The minimum Gasteiger partial charge on any atom is -0.370 e. The maximum atomic E-state index is 11.7. The van der Waals surface area contributed by atoms with Gasteiger partial charge in [-0.1, -0.05) is 32.1 Å². The van der Waals surface area contributed by atoms with Gasteiger partial charge in [-0.3, -0.25) is 9.59 Å². The highest BCUT2D eigenvalue weighted by molar-refractivity contribution is 5.81. The number of hydrogen-bond donors (Lipinski definition) is 2. The van der Waals surface area contributed by atoms with Crippen molar-refractivity contribution in [2.45, 2.75) is 64.2 Å². The highest BCUT2D eigenvalue weighted by Crippen LogP contribution is 2.38. The highest BCUT2D eigenvalue weighted by atomic mass is 16.1. The van der Waals surface area contributed by atoms with Gasteiger partial charge in [0.15, 0.2) is 0 Å². The van der Waals surface area contributed by atoms with Gasteiger partial charge in [-0.25, -0.2) is 0 Å². The maximum absolute atomic E-state index is 11.7. The molecule has 98 valence electrons. The van der Waals surface area contributed by atoms with Gasteiger partial charge in [0.2, 0.25) is 11.8 Å². The van der Waals surface area contributed by atoms with Gasteiger partial charge < -0.3 is 11.5 Å². The van der Waals surface area contributed by atoms with E-state index in [1.165, 1.54) is 19.3 Å². The summed E-state index contributed by atoms with van der Waals surface area (Å²) in [5.74, 6) is -0.487. The van der Waals surface area contributed by atoms with Crippen LogP contribution in [0.25, 0.3) is 0 Å². The van der Waals surface area contributed by atoms with Crippen molar-refractivity contribution in [2.75, 3.05) is 0 Å². The molecule has 0 aromatic heterocycles. The van der Waals surface area contributed by atoms with Crippen LogP contribution in [-0.4, -0.2) is 11.8 Å². The molecular formula is C13H24N2O2. The number of nitrogens with two attached hydrogens (primary N) is 2. The fourth-order valence-corrected chi connectivity index (χ4v) is 2.80. The summed E-state index contributed by atoms with van der Waals surface area (Å²) < 4.78 is 0. The SMILES string of the molecule is NC(=O)CCCC1(C(N)=O)CCCCCCC1. The molecule has 1 saturated carbocycles. The van der Waals surface area contributed by atoms with Crippen molar-refractivity contribution in [1.82, 2.24) is 0 Å². The van der Waals surface area contributed by atoms with Crippen LogP contribution in [0.1, 0.15) is 64.2 Å². The third kappa shape index (κ3) is 4.36. The fraction of sp³-hybridized carbons (Fsp3) is 0.846. The summed E-state index contributed by atoms with van der Waals surface area (Å²) in [5, 5.41) is 0. The molecule has 4 N–H and O–H groups in total. The summed E-state index contributed by atoms with van der Waals surface area (Å²) in [5.41, 5.74) is 10.3. The predicted octanol–water partition coefficient (Wildman–Crippen LogP) is 1.86. The summed E-state index contributed by atoms with van der Waals surface area (Å²) >= 11 is 0. The van der Waals surface area contributed by atoms with Crippen LogP contribution in [0.3, 0.4) is 0 Å². The van der Waals surface area contributed by atoms with Crippen molar-refractivity contribution in [2.24, 2.45) is 16.9 Å². The van der Waals surface area contributed by atoms with E-state index in [1.807, 2.05) is 0 Å². The Balaban J connectivity index is 2.58. The van der Waals surface area contributed by atoms with Crippen molar-refractivity contribution in [3.05, 3.63) is 0 Å². The minimum atomic E-state index is -0.379. The zero-order chi connectivity index (χ0) is 12.7. The van der Waals surface area contributed by atoms with E-state index in [-0.39, 0.29) is 17.2 Å². The van der Waals surface area contributed by atoms with E-state index in [0.717, 1.165) is 25.7 Å². The Kier molecular flexibility index (Phi) is 5.45. The second-order valence-electron chi connectivity index (χ2n) is 5.23. The first kappa shape index (κ1) is 14.0. The van der Waals surface area contributed by atoms with Crippen LogP contribution in [0.15, 0.2) is 0 Å². The van der Waals surface area contributed by atoms with Gasteiger partial charge in [0.05, 0.1) is 0 Å². The lowest BCUT2D eigenvalue weighted by Gasteiger charge is -2.32. The highest BCUT2D eigenvalue weighted by Gasteiger charge is 2.35. The first-order valence-electron chi connectivity index (χ1n) is 6.65. The molecule has 0 radical (unpaired) electrons. The Labute approximate surface area is 103 Å². The van der Waals surface area contributed by atoms with Gasteiger partial charge >= 0.3 is 0 Å². The van der Waals surface area contributed by atoms with Crippen molar-refractivity contribution < 1.29 is 9.59 Å². The molecular weight excluding hydrogens is 216 g/mol. The Morgan fingerprint density at radius 2 is 1.47 bits per heavy atom. The zero-order valence-electron chi connectivity index (χ0n) is 10.5. The van der Waals surface area contributed by atoms with Crippen molar-refractivity contribution in [3.8, 4) is 0 Å². The molecule has 0 unspecified atom stereocenters. The van der Waals surface area contributed by atoms with Crippen molar-refractivity contribution in [3.63, 3.8) is 0 Å². The molecule has 0 atom stereocenters. The van der Waals surface area contributed by atoms with Crippen LogP contribution < -0.4 is 11.5 Å². The maximum Gasteiger partial charge on any atom is 0.223 e. The van der Waals surface area contributed by atoms with E-state index in [9.17, 15) is 9.59 Å². The van der Waals surface area contributed by atoms with E-state index < -0.39 is 0 Å². The lowest BCUT2D eigenvalue weighted by molar-refractivity contribution is -0.130. The first-order valence-corrected chi connectivity index (χ1v) is 6.65. The Bertz CT molecular complexity index is 269. The van der Waals surface area contributed by atoms with E-state index in [1.54, 1.807) is 0 Å². The van der Waals surface area contributed by atoms with Crippen LogP contribution in [0, 0.1) is 5.41 Å². The normalized spacial score (nSPS) is 20.2. The first-order chi connectivity index (χ1) is 8.07. The van der Waals surface area contributed by atoms with Crippen LogP contribution in [-0.2, 0) is 9.59 Å². The smallest absolute Gasteiger partial charge is 0.223 e. The minimum absolute atomic E-state index is 0.191. The molecule has 0 aromatic rings. The average molecular weight is 240 g/mol.